The van der Waals surface area contributed by atoms with Crippen molar-refractivity contribution in [2.75, 3.05) is 19.6 Å². The number of rotatable bonds is 2. The summed E-state index contributed by atoms with van der Waals surface area (Å²) in [6, 6.07) is 11.2. The minimum absolute atomic E-state index is 0. The number of aryl methyl sites for hydroxylation is 1. The third kappa shape index (κ3) is 3.17. The zero-order chi connectivity index (χ0) is 17.6. The van der Waals surface area contributed by atoms with E-state index in [2.05, 4.69) is 5.32 Å². The Morgan fingerprint density at radius 3 is 2.81 bits per heavy atom. The fourth-order valence-electron chi connectivity index (χ4n) is 4.24. The number of hydrogen-bond donors (Lipinski definition) is 2. The first-order valence-corrected chi connectivity index (χ1v) is 8.61. The number of hydrogen-bond acceptors (Lipinski definition) is 3. The van der Waals surface area contributed by atoms with Crippen molar-refractivity contribution in [1.82, 2.24) is 10.2 Å². The van der Waals surface area contributed by atoms with Gasteiger partial charge in [0, 0.05) is 31.1 Å². The summed E-state index contributed by atoms with van der Waals surface area (Å²) in [7, 11) is 0. The van der Waals surface area contributed by atoms with Crippen molar-refractivity contribution < 1.29 is 14.3 Å². The molecule has 2 aromatic carbocycles. The van der Waals surface area contributed by atoms with Crippen LogP contribution < -0.4 is 5.32 Å². The summed E-state index contributed by atoms with van der Waals surface area (Å²) in [6.07, 6.45) is 0. The van der Waals surface area contributed by atoms with Crippen LogP contribution >= 0.6 is 12.4 Å². The SMILES string of the molecule is Cc1ccc(O)cc1C(=O)N1C[C@@H]2CNC[C@@H]2[C@H]1c1cccc(F)c1.Cl. The Bertz CT molecular complexity index is 829. The Morgan fingerprint density at radius 1 is 1.23 bits per heavy atom. The summed E-state index contributed by atoms with van der Waals surface area (Å²) in [5.41, 5.74) is 2.17. The van der Waals surface area contributed by atoms with Gasteiger partial charge in [0.05, 0.1) is 6.04 Å². The molecule has 26 heavy (non-hydrogen) atoms. The maximum absolute atomic E-state index is 13.8. The molecule has 2 aliphatic heterocycles. The minimum atomic E-state index is -0.284. The van der Waals surface area contributed by atoms with Gasteiger partial charge in [0.2, 0.25) is 0 Å². The number of phenolic OH excluding ortho intramolecular Hbond substituents is 1. The molecule has 2 fully saturated rings. The van der Waals surface area contributed by atoms with Crippen LogP contribution in [-0.4, -0.2) is 35.5 Å². The lowest BCUT2D eigenvalue weighted by Gasteiger charge is -2.29. The summed E-state index contributed by atoms with van der Waals surface area (Å²) in [6.45, 7) is 4.21. The minimum Gasteiger partial charge on any atom is -0.508 e. The maximum Gasteiger partial charge on any atom is 0.254 e. The molecule has 2 heterocycles. The third-order valence-corrected chi connectivity index (χ3v) is 5.47. The van der Waals surface area contributed by atoms with Crippen LogP contribution in [-0.2, 0) is 0 Å². The van der Waals surface area contributed by atoms with Gasteiger partial charge in [-0.05, 0) is 48.2 Å². The lowest BCUT2D eigenvalue weighted by atomic mass is 9.89. The molecule has 2 N–H and O–H groups in total. The highest BCUT2D eigenvalue weighted by Crippen LogP contribution is 2.43. The van der Waals surface area contributed by atoms with Crippen molar-refractivity contribution >= 4 is 18.3 Å². The highest BCUT2D eigenvalue weighted by molar-refractivity contribution is 5.96. The van der Waals surface area contributed by atoms with Crippen molar-refractivity contribution in [3.63, 3.8) is 0 Å². The molecule has 0 bridgehead atoms. The number of benzene rings is 2. The van der Waals surface area contributed by atoms with E-state index in [0.29, 0.717) is 18.0 Å². The predicted octanol–water partition coefficient (Wildman–Crippen LogP) is 3.29. The highest BCUT2D eigenvalue weighted by atomic mass is 35.5. The Balaban J connectivity index is 0.00000196. The first-order valence-electron chi connectivity index (χ1n) is 8.61. The molecule has 0 radical (unpaired) electrons. The van der Waals surface area contributed by atoms with E-state index in [9.17, 15) is 14.3 Å². The Hall–Kier alpha value is -2.11. The molecule has 0 aromatic heterocycles. The number of carbonyl (C=O) groups excluding carboxylic acids is 1. The van der Waals surface area contributed by atoms with E-state index < -0.39 is 0 Å². The standard InChI is InChI=1S/C20H21FN2O2.ClH/c1-12-5-6-16(24)8-17(12)20(25)23-11-14-9-22-10-18(14)19(23)13-3-2-4-15(21)7-13;/h2-8,14,18-19,22,24H,9-11H2,1H3;1H/t14-,18-,19+;/m0./s1. The van der Waals surface area contributed by atoms with Crippen molar-refractivity contribution in [2.45, 2.75) is 13.0 Å². The second-order valence-electron chi connectivity index (χ2n) is 7.04. The number of phenols is 1. The van der Waals surface area contributed by atoms with Gasteiger partial charge in [0.25, 0.3) is 5.91 Å². The summed E-state index contributed by atoms with van der Waals surface area (Å²) in [5, 5.41) is 13.2. The Kier molecular flexibility index (Phi) is 5.21. The average molecular weight is 377 g/mol. The second-order valence-corrected chi connectivity index (χ2v) is 7.04. The molecule has 138 valence electrons. The number of nitrogens with zero attached hydrogens (tertiary/aromatic N) is 1. The van der Waals surface area contributed by atoms with Gasteiger partial charge < -0.3 is 15.3 Å². The molecular formula is C20H22ClFN2O2. The number of fused-ring (bicyclic) bond motifs is 1. The number of nitrogens with one attached hydrogen (secondary N) is 1. The summed E-state index contributed by atoms with van der Waals surface area (Å²) < 4.78 is 13.8. The topological polar surface area (TPSA) is 52.6 Å². The molecule has 0 spiro atoms. The van der Waals surface area contributed by atoms with Gasteiger partial charge in [-0.2, -0.15) is 0 Å². The van der Waals surface area contributed by atoms with E-state index in [-0.39, 0.29) is 41.8 Å². The van der Waals surface area contributed by atoms with E-state index in [0.717, 1.165) is 24.2 Å². The van der Waals surface area contributed by atoms with Gasteiger partial charge in [0.15, 0.2) is 0 Å². The number of likely N-dealkylation sites (tertiary alicyclic amines) is 1. The molecule has 2 aliphatic rings. The first kappa shape index (κ1) is 18.7. The van der Waals surface area contributed by atoms with Crippen LogP contribution in [0.5, 0.6) is 5.75 Å². The Labute approximate surface area is 158 Å². The molecule has 4 nitrogen and oxygen atoms in total. The maximum atomic E-state index is 13.8. The van der Waals surface area contributed by atoms with Crippen LogP contribution in [0.15, 0.2) is 42.5 Å². The molecular weight excluding hydrogens is 355 g/mol. The van der Waals surface area contributed by atoms with Gasteiger partial charge in [-0.1, -0.05) is 18.2 Å². The summed E-state index contributed by atoms with van der Waals surface area (Å²) in [4.78, 5) is 15.1. The molecule has 6 heteroatoms. The lowest BCUT2D eigenvalue weighted by molar-refractivity contribution is 0.0712. The van der Waals surface area contributed by atoms with Crippen LogP contribution in [0.3, 0.4) is 0 Å². The number of amides is 1. The van der Waals surface area contributed by atoms with Crippen molar-refractivity contribution in [3.05, 3.63) is 65.0 Å². The molecule has 0 saturated carbocycles. The smallest absolute Gasteiger partial charge is 0.254 e. The number of aromatic hydroxyl groups is 1. The monoisotopic (exact) mass is 376 g/mol. The number of carbonyl (C=O) groups is 1. The van der Waals surface area contributed by atoms with E-state index in [1.165, 1.54) is 18.2 Å². The molecule has 0 aliphatic carbocycles. The van der Waals surface area contributed by atoms with Gasteiger partial charge in [-0.25, -0.2) is 4.39 Å². The van der Waals surface area contributed by atoms with Gasteiger partial charge >= 0.3 is 0 Å². The highest BCUT2D eigenvalue weighted by Gasteiger charge is 2.47. The van der Waals surface area contributed by atoms with Crippen molar-refractivity contribution in [3.8, 4) is 5.75 Å². The number of halogens is 2. The normalized spacial score (nSPS) is 24.2. The van der Waals surface area contributed by atoms with Crippen LogP contribution in [0.25, 0.3) is 0 Å². The van der Waals surface area contributed by atoms with E-state index in [4.69, 9.17) is 0 Å². The molecule has 2 aromatic rings. The van der Waals surface area contributed by atoms with E-state index >= 15 is 0 Å². The fraction of sp³-hybridized carbons (Fsp3) is 0.350. The Morgan fingerprint density at radius 2 is 2.04 bits per heavy atom. The molecule has 3 atom stereocenters. The van der Waals surface area contributed by atoms with Crippen LogP contribution in [0.4, 0.5) is 4.39 Å². The summed E-state index contributed by atoms with van der Waals surface area (Å²) >= 11 is 0. The van der Waals surface area contributed by atoms with E-state index in [1.54, 1.807) is 18.2 Å². The van der Waals surface area contributed by atoms with Crippen LogP contribution in [0.1, 0.15) is 27.5 Å². The van der Waals surface area contributed by atoms with E-state index in [1.807, 2.05) is 17.9 Å². The quantitative estimate of drug-likeness (QED) is 0.845. The molecule has 0 unspecified atom stereocenters. The first-order chi connectivity index (χ1) is 12.0. The predicted molar refractivity (Wildman–Crippen MR) is 100 cm³/mol. The third-order valence-electron chi connectivity index (χ3n) is 5.47. The van der Waals surface area contributed by atoms with Crippen LogP contribution in [0.2, 0.25) is 0 Å². The zero-order valence-corrected chi connectivity index (χ0v) is 15.3. The summed E-state index contributed by atoms with van der Waals surface area (Å²) in [5.74, 6) is 0.348. The van der Waals surface area contributed by atoms with Gasteiger partial charge in [-0.3, -0.25) is 4.79 Å². The average Bonchev–Trinajstić information content (AvgIpc) is 3.17. The fourth-order valence-corrected chi connectivity index (χ4v) is 4.24. The molecule has 1 amide bonds. The molecule has 2 saturated heterocycles. The largest absolute Gasteiger partial charge is 0.508 e. The molecule has 4 rings (SSSR count). The van der Waals surface area contributed by atoms with Gasteiger partial charge in [-0.15, -0.1) is 12.4 Å². The second kappa shape index (κ2) is 7.25. The van der Waals surface area contributed by atoms with Crippen molar-refractivity contribution in [2.24, 2.45) is 11.8 Å². The lowest BCUT2D eigenvalue weighted by Crippen LogP contribution is -2.35. The van der Waals surface area contributed by atoms with Crippen molar-refractivity contribution in [1.29, 1.82) is 0 Å². The zero-order valence-electron chi connectivity index (χ0n) is 14.5. The van der Waals surface area contributed by atoms with Gasteiger partial charge in [0.1, 0.15) is 11.6 Å². The van der Waals surface area contributed by atoms with Crippen LogP contribution in [0, 0.1) is 24.6 Å².